The summed E-state index contributed by atoms with van der Waals surface area (Å²) in [6.07, 6.45) is -0.482. The van der Waals surface area contributed by atoms with Gasteiger partial charge >= 0.3 is 0 Å². The van der Waals surface area contributed by atoms with E-state index in [2.05, 4.69) is 10.6 Å². The molecule has 0 heterocycles. The molecule has 0 radical (unpaired) electrons. The number of hydrogen-bond acceptors (Lipinski definition) is 3. The molecule has 0 aromatic heterocycles. The van der Waals surface area contributed by atoms with Crippen LogP contribution in [0.5, 0.6) is 0 Å². The largest absolute Gasteiger partial charge is 0.374 e. The Hall–Kier alpha value is -1.30. The van der Waals surface area contributed by atoms with Crippen LogP contribution >= 0.6 is 23.2 Å². The van der Waals surface area contributed by atoms with E-state index in [-0.39, 0.29) is 23.0 Å². The van der Waals surface area contributed by atoms with Gasteiger partial charge in [0.2, 0.25) is 5.91 Å². The highest BCUT2D eigenvalue weighted by Crippen LogP contribution is 2.20. The zero-order chi connectivity index (χ0) is 16.0. The first-order valence-corrected chi connectivity index (χ1v) is 7.26. The third-order valence-electron chi connectivity index (χ3n) is 2.60. The second kappa shape index (κ2) is 8.22. The summed E-state index contributed by atoms with van der Waals surface area (Å²) in [5, 5.41) is 15.0. The maximum absolute atomic E-state index is 11.9. The molecule has 2 amide bonds. The minimum atomic E-state index is -0.927. The van der Waals surface area contributed by atoms with Gasteiger partial charge in [-0.1, -0.05) is 37.0 Å². The molecule has 0 aliphatic heterocycles. The van der Waals surface area contributed by atoms with Crippen molar-refractivity contribution >= 4 is 35.0 Å². The Morgan fingerprint density at radius 3 is 2.57 bits per heavy atom. The van der Waals surface area contributed by atoms with Crippen LogP contribution in [0.1, 0.15) is 30.6 Å². The van der Waals surface area contributed by atoms with Crippen molar-refractivity contribution in [2.75, 3.05) is 6.54 Å². The average Bonchev–Trinajstić information content (AvgIpc) is 2.37. The molecule has 0 spiro atoms. The molecule has 1 aromatic carbocycles. The Balaban J connectivity index is 2.49. The van der Waals surface area contributed by atoms with E-state index < -0.39 is 18.0 Å². The predicted molar refractivity (Wildman–Crippen MR) is 82.4 cm³/mol. The molecule has 0 saturated carbocycles. The molecule has 0 bridgehead atoms. The summed E-state index contributed by atoms with van der Waals surface area (Å²) in [4.78, 5) is 23.5. The molecule has 1 aromatic rings. The van der Waals surface area contributed by atoms with Crippen LogP contribution in [0.3, 0.4) is 0 Å². The van der Waals surface area contributed by atoms with Gasteiger partial charge in [-0.15, -0.1) is 0 Å². The van der Waals surface area contributed by atoms with Crippen molar-refractivity contribution in [1.29, 1.82) is 0 Å². The van der Waals surface area contributed by atoms with Gasteiger partial charge in [-0.25, -0.2) is 0 Å². The van der Waals surface area contributed by atoms with E-state index in [4.69, 9.17) is 23.2 Å². The van der Waals surface area contributed by atoms with Crippen LogP contribution in [0.4, 0.5) is 0 Å². The molecule has 1 atom stereocenters. The molecule has 3 N–H and O–H groups in total. The van der Waals surface area contributed by atoms with Gasteiger partial charge in [-0.2, -0.15) is 0 Å². The second-order valence-electron chi connectivity index (χ2n) is 5.02. The number of rotatable bonds is 6. The summed E-state index contributed by atoms with van der Waals surface area (Å²) >= 11 is 11.7. The van der Waals surface area contributed by atoms with E-state index in [9.17, 15) is 14.7 Å². The van der Waals surface area contributed by atoms with Gasteiger partial charge in [-0.3, -0.25) is 9.59 Å². The molecular formula is C14H18Cl2N2O3. The van der Waals surface area contributed by atoms with Crippen LogP contribution < -0.4 is 10.6 Å². The maximum Gasteiger partial charge on any atom is 0.253 e. The van der Waals surface area contributed by atoms with Crippen LogP contribution in [-0.2, 0) is 4.79 Å². The number of hydrogen-bond donors (Lipinski definition) is 3. The first-order valence-electron chi connectivity index (χ1n) is 6.50. The van der Waals surface area contributed by atoms with Gasteiger partial charge in [0.25, 0.3) is 5.91 Å². The standard InChI is InChI=1S/C14H18Cl2N2O3/c1-8(2)5-12(19)18-13(20)7-17-14(21)10-6-9(15)3-4-11(10)16/h3-4,6,8,12,19H,5,7H2,1-2H3,(H,17,21)(H,18,20). The Bertz CT molecular complexity index is 521. The molecule has 1 rings (SSSR count). The lowest BCUT2D eigenvalue weighted by Crippen LogP contribution is -2.42. The van der Waals surface area contributed by atoms with Crippen molar-refractivity contribution in [3.63, 3.8) is 0 Å². The fourth-order valence-electron chi connectivity index (χ4n) is 1.67. The highest BCUT2D eigenvalue weighted by Gasteiger charge is 2.14. The van der Waals surface area contributed by atoms with E-state index in [1.807, 2.05) is 13.8 Å². The van der Waals surface area contributed by atoms with Crippen LogP contribution in [0.25, 0.3) is 0 Å². The van der Waals surface area contributed by atoms with Crippen LogP contribution in [0.2, 0.25) is 10.0 Å². The first kappa shape index (κ1) is 17.8. The zero-order valence-electron chi connectivity index (χ0n) is 11.8. The minimum Gasteiger partial charge on any atom is -0.374 e. The SMILES string of the molecule is CC(C)CC(O)NC(=O)CNC(=O)c1cc(Cl)ccc1Cl. The van der Waals surface area contributed by atoms with Gasteiger partial charge in [0, 0.05) is 5.02 Å². The third-order valence-corrected chi connectivity index (χ3v) is 3.17. The molecule has 0 fully saturated rings. The van der Waals surface area contributed by atoms with Gasteiger partial charge in [0.05, 0.1) is 17.1 Å². The number of benzene rings is 1. The van der Waals surface area contributed by atoms with Gasteiger partial charge in [0.1, 0.15) is 6.23 Å². The minimum absolute atomic E-state index is 0.194. The summed E-state index contributed by atoms with van der Waals surface area (Å²) in [5.74, 6) is -0.731. The number of halogens is 2. The van der Waals surface area contributed by atoms with Crippen LogP contribution in [-0.4, -0.2) is 29.7 Å². The molecule has 5 nitrogen and oxygen atoms in total. The Labute approximate surface area is 133 Å². The monoisotopic (exact) mass is 332 g/mol. The highest BCUT2D eigenvalue weighted by atomic mass is 35.5. The van der Waals surface area contributed by atoms with E-state index in [0.29, 0.717) is 11.4 Å². The van der Waals surface area contributed by atoms with Gasteiger partial charge < -0.3 is 15.7 Å². The summed E-state index contributed by atoms with van der Waals surface area (Å²) in [7, 11) is 0. The Kier molecular flexibility index (Phi) is 6.95. The lowest BCUT2D eigenvalue weighted by atomic mass is 10.1. The quantitative estimate of drug-likeness (QED) is 0.699. The molecule has 7 heteroatoms. The molecule has 0 aliphatic rings. The van der Waals surface area contributed by atoms with E-state index in [1.54, 1.807) is 6.07 Å². The number of carbonyl (C=O) groups excluding carboxylic acids is 2. The summed E-state index contributed by atoms with van der Waals surface area (Å²) in [5.41, 5.74) is 0.194. The Morgan fingerprint density at radius 1 is 1.29 bits per heavy atom. The smallest absolute Gasteiger partial charge is 0.253 e. The normalized spacial score (nSPS) is 12.1. The second-order valence-corrected chi connectivity index (χ2v) is 5.86. The first-order chi connectivity index (χ1) is 9.79. The number of aliphatic hydroxyl groups excluding tert-OH is 1. The molecule has 21 heavy (non-hydrogen) atoms. The molecule has 1 unspecified atom stereocenters. The van der Waals surface area contributed by atoms with Crippen molar-refractivity contribution in [3.05, 3.63) is 33.8 Å². The van der Waals surface area contributed by atoms with Crippen molar-refractivity contribution in [2.45, 2.75) is 26.5 Å². The Morgan fingerprint density at radius 2 is 1.95 bits per heavy atom. The molecule has 116 valence electrons. The van der Waals surface area contributed by atoms with Crippen molar-refractivity contribution in [2.24, 2.45) is 5.92 Å². The molecule has 0 aliphatic carbocycles. The van der Waals surface area contributed by atoms with Crippen molar-refractivity contribution < 1.29 is 14.7 Å². The van der Waals surface area contributed by atoms with Crippen molar-refractivity contribution in [3.8, 4) is 0 Å². The van der Waals surface area contributed by atoms with E-state index >= 15 is 0 Å². The predicted octanol–water partition coefficient (Wildman–Crippen LogP) is 2.20. The fraction of sp³-hybridized carbons (Fsp3) is 0.429. The fourth-order valence-corrected chi connectivity index (χ4v) is 2.05. The van der Waals surface area contributed by atoms with Gasteiger partial charge in [0.15, 0.2) is 0 Å². The third kappa shape index (κ3) is 6.33. The topological polar surface area (TPSA) is 78.4 Å². The van der Waals surface area contributed by atoms with Crippen LogP contribution in [0, 0.1) is 5.92 Å². The average molecular weight is 333 g/mol. The van der Waals surface area contributed by atoms with E-state index in [0.717, 1.165) is 0 Å². The molecular weight excluding hydrogens is 315 g/mol. The zero-order valence-corrected chi connectivity index (χ0v) is 13.3. The highest BCUT2D eigenvalue weighted by molar-refractivity contribution is 6.35. The number of aliphatic hydroxyl groups is 1. The summed E-state index contributed by atoms with van der Waals surface area (Å²) in [6, 6.07) is 4.49. The number of amides is 2. The summed E-state index contributed by atoms with van der Waals surface area (Å²) in [6.45, 7) is 3.60. The lowest BCUT2D eigenvalue weighted by Gasteiger charge is -2.15. The maximum atomic E-state index is 11.9. The van der Waals surface area contributed by atoms with Crippen molar-refractivity contribution in [1.82, 2.24) is 10.6 Å². The lowest BCUT2D eigenvalue weighted by molar-refractivity contribution is -0.123. The number of carbonyl (C=O) groups is 2. The number of nitrogens with one attached hydrogen (secondary N) is 2. The van der Waals surface area contributed by atoms with Crippen LogP contribution in [0.15, 0.2) is 18.2 Å². The van der Waals surface area contributed by atoms with Gasteiger partial charge in [-0.05, 0) is 30.5 Å². The molecule has 0 saturated heterocycles. The summed E-state index contributed by atoms with van der Waals surface area (Å²) < 4.78 is 0. The van der Waals surface area contributed by atoms with E-state index in [1.165, 1.54) is 12.1 Å².